The summed E-state index contributed by atoms with van der Waals surface area (Å²) in [5.74, 6) is 0. The highest BCUT2D eigenvalue weighted by molar-refractivity contribution is 6.45. The fourth-order valence-electron chi connectivity index (χ4n) is 1.63. The van der Waals surface area contributed by atoms with Gasteiger partial charge in [0.25, 0.3) is 0 Å². The molecule has 0 aromatic heterocycles. The van der Waals surface area contributed by atoms with E-state index in [4.69, 9.17) is 23.2 Å². The Morgan fingerprint density at radius 2 is 1.83 bits per heavy atom. The van der Waals surface area contributed by atoms with Crippen molar-refractivity contribution in [1.82, 2.24) is 0 Å². The van der Waals surface area contributed by atoms with E-state index in [0.717, 1.165) is 25.7 Å². The second kappa shape index (κ2) is 4.27. The molecule has 0 unspecified atom stereocenters. The van der Waals surface area contributed by atoms with Gasteiger partial charge in [0.15, 0.2) is 0 Å². The molecule has 2 nitrogen and oxygen atoms in total. The van der Waals surface area contributed by atoms with Crippen molar-refractivity contribution in [3.8, 4) is 0 Å². The quantitative estimate of drug-likeness (QED) is 0.389. The van der Waals surface area contributed by atoms with Gasteiger partial charge >= 0.3 is 0 Å². The van der Waals surface area contributed by atoms with Gasteiger partial charge in [-0.3, -0.25) is 0 Å². The summed E-state index contributed by atoms with van der Waals surface area (Å²) < 4.78 is 0. The summed E-state index contributed by atoms with van der Waals surface area (Å²) >= 11 is 11.6. The zero-order chi connectivity index (χ0) is 9.03. The van der Waals surface area contributed by atoms with Crippen LogP contribution >= 0.6 is 23.2 Å². The Hall–Kier alpha value is -0.0400. The van der Waals surface area contributed by atoms with Crippen LogP contribution in [0, 0.1) is 0 Å². The molecule has 4 heteroatoms. The van der Waals surface area contributed by atoms with Crippen molar-refractivity contribution in [2.24, 2.45) is 4.99 Å². The standard InChI is InChI=1S/C8H11Cl2NO/c9-7(10)8(11-6-12)4-2-1-3-5-8/h7H,1-5H2. The van der Waals surface area contributed by atoms with Crippen LogP contribution in [0.1, 0.15) is 32.1 Å². The van der Waals surface area contributed by atoms with Crippen molar-refractivity contribution >= 4 is 29.3 Å². The molecule has 68 valence electrons. The highest BCUT2D eigenvalue weighted by atomic mass is 35.5. The Morgan fingerprint density at radius 1 is 1.25 bits per heavy atom. The van der Waals surface area contributed by atoms with Crippen LogP contribution in [-0.4, -0.2) is 16.5 Å². The van der Waals surface area contributed by atoms with Crippen molar-refractivity contribution < 1.29 is 4.79 Å². The predicted octanol–water partition coefficient (Wildman–Crippen LogP) is 2.83. The summed E-state index contributed by atoms with van der Waals surface area (Å²) in [5.41, 5.74) is -0.539. The van der Waals surface area contributed by atoms with Crippen molar-refractivity contribution in [3.05, 3.63) is 0 Å². The molecule has 1 rings (SSSR count). The maximum Gasteiger partial charge on any atom is 0.235 e. The molecule has 12 heavy (non-hydrogen) atoms. The van der Waals surface area contributed by atoms with Gasteiger partial charge in [-0.15, -0.1) is 23.2 Å². The normalized spacial score (nSPS) is 21.9. The Bertz CT molecular complexity index is 193. The lowest BCUT2D eigenvalue weighted by Crippen LogP contribution is -2.36. The lowest BCUT2D eigenvalue weighted by Gasteiger charge is -2.32. The number of alkyl halides is 2. The first-order chi connectivity index (χ1) is 5.71. The summed E-state index contributed by atoms with van der Waals surface area (Å²) in [7, 11) is 0. The summed E-state index contributed by atoms with van der Waals surface area (Å²) in [4.78, 5) is 13.3. The first kappa shape index (κ1) is 10.0. The van der Waals surface area contributed by atoms with Gasteiger partial charge in [0, 0.05) is 0 Å². The SMILES string of the molecule is O=C=NC1(C(Cl)Cl)CCCCC1. The van der Waals surface area contributed by atoms with Crippen LogP contribution in [0.5, 0.6) is 0 Å². The topological polar surface area (TPSA) is 29.4 Å². The van der Waals surface area contributed by atoms with E-state index in [0.29, 0.717) is 0 Å². The number of rotatable bonds is 2. The van der Waals surface area contributed by atoms with Crippen LogP contribution < -0.4 is 0 Å². The summed E-state index contributed by atoms with van der Waals surface area (Å²) in [5, 5.41) is 0. The van der Waals surface area contributed by atoms with Crippen LogP contribution in [0.3, 0.4) is 0 Å². The minimum Gasteiger partial charge on any atom is -0.211 e. The van der Waals surface area contributed by atoms with E-state index in [1.165, 1.54) is 6.42 Å². The first-order valence-corrected chi connectivity index (χ1v) is 4.96. The molecule has 0 heterocycles. The van der Waals surface area contributed by atoms with Crippen molar-refractivity contribution in [2.45, 2.75) is 42.5 Å². The van der Waals surface area contributed by atoms with Gasteiger partial charge in [-0.25, -0.2) is 4.79 Å². The number of carbonyl (C=O) groups excluding carboxylic acids is 1. The molecule has 0 aliphatic heterocycles. The minimum absolute atomic E-state index is 0.539. The lowest BCUT2D eigenvalue weighted by molar-refractivity contribution is 0.315. The van der Waals surface area contributed by atoms with Crippen LogP contribution in [0.2, 0.25) is 0 Å². The third-order valence-electron chi connectivity index (χ3n) is 2.39. The van der Waals surface area contributed by atoms with Crippen LogP contribution in [0.15, 0.2) is 4.99 Å². The van der Waals surface area contributed by atoms with Crippen molar-refractivity contribution in [2.75, 3.05) is 0 Å². The van der Waals surface area contributed by atoms with Crippen LogP contribution in [0.25, 0.3) is 0 Å². The molecule has 0 aromatic carbocycles. The maximum atomic E-state index is 10.2. The van der Waals surface area contributed by atoms with Gasteiger partial charge in [0.05, 0.1) is 0 Å². The summed E-state index contributed by atoms with van der Waals surface area (Å²) in [6, 6.07) is 0. The van der Waals surface area contributed by atoms with Crippen molar-refractivity contribution in [1.29, 1.82) is 0 Å². The smallest absolute Gasteiger partial charge is 0.211 e. The summed E-state index contributed by atoms with van der Waals surface area (Å²) in [6.45, 7) is 0. The van der Waals surface area contributed by atoms with E-state index >= 15 is 0 Å². The average molecular weight is 208 g/mol. The lowest BCUT2D eigenvalue weighted by atomic mass is 9.84. The Labute approximate surface area is 82.0 Å². The molecule has 0 spiro atoms. The molecule has 0 saturated heterocycles. The molecule has 0 N–H and O–H groups in total. The van der Waals surface area contributed by atoms with Crippen LogP contribution in [0.4, 0.5) is 0 Å². The molecule has 0 amide bonds. The van der Waals surface area contributed by atoms with Gasteiger partial charge in [0.2, 0.25) is 6.08 Å². The number of hydrogen-bond donors (Lipinski definition) is 0. The van der Waals surface area contributed by atoms with Crippen LogP contribution in [-0.2, 0) is 4.79 Å². The molecule has 1 fully saturated rings. The van der Waals surface area contributed by atoms with Gasteiger partial charge < -0.3 is 0 Å². The van der Waals surface area contributed by atoms with E-state index in [-0.39, 0.29) is 0 Å². The van der Waals surface area contributed by atoms with E-state index in [1.807, 2.05) is 0 Å². The largest absolute Gasteiger partial charge is 0.235 e. The van der Waals surface area contributed by atoms with Gasteiger partial charge in [-0.1, -0.05) is 19.3 Å². The van der Waals surface area contributed by atoms with Gasteiger partial charge in [-0.05, 0) is 12.8 Å². The fourth-order valence-corrected chi connectivity index (χ4v) is 2.17. The Kier molecular flexibility index (Phi) is 3.57. The molecule has 1 saturated carbocycles. The first-order valence-electron chi connectivity index (χ1n) is 4.08. The second-order valence-corrected chi connectivity index (χ2v) is 4.26. The van der Waals surface area contributed by atoms with Gasteiger partial charge in [0.1, 0.15) is 10.4 Å². The zero-order valence-electron chi connectivity index (χ0n) is 6.72. The van der Waals surface area contributed by atoms with E-state index in [9.17, 15) is 4.79 Å². The zero-order valence-corrected chi connectivity index (χ0v) is 8.24. The number of isocyanates is 1. The highest BCUT2D eigenvalue weighted by Gasteiger charge is 2.38. The van der Waals surface area contributed by atoms with Gasteiger partial charge in [-0.2, -0.15) is 4.99 Å². The molecule has 0 aromatic rings. The number of nitrogens with zero attached hydrogens (tertiary/aromatic N) is 1. The highest BCUT2D eigenvalue weighted by Crippen LogP contribution is 2.38. The molecular formula is C8H11Cl2NO. The predicted molar refractivity (Wildman–Crippen MR) is 49.4 cm³/mol. The number of hydrogen-bond acceptors (Lipinski definition) is 2. The molecule has 0 radical (unpaired) electrons. The third-order valence-corrected chi connectivity index (χ3v) is 3.21. The average Bonchev–Trinajstić information content (AvgIpc) is 2.06. The molecular weight excluding hydrogens is 197 g/mol. The molecule has 1 aliphatic carbocycles. The fraction of sp³-hybridized carbons (Fsp3) is 0.875. The monoisotopic (exact) mass is 207 g/mol. The van der Waals surface area contributed by atoms with E-state index in [1.54, 1.807) is 6.08 Å². The Balaban J connectivity index is 2.76. The maximum absolute atomic E-state index is 10.2. The number of halogens is 2. The molecule has 1 aliphatic rings. The van der Waals surface area contributed by atoms with E-state index < -0.39 is 10.4 Å². The Morgan fingerprint density at radius 3 is 2.25 bits per heavy atom. The second-order valence-electron chi connectivity index (χ2n) is 3.17. The van der Waals surface area contributed by atoms with E-state index in [2.05, 4.69) is 4.99 Å². The third kappa shape index (κ3) is 2.01. The number of aliphatic imine (C=N–C) groups is 1. The molecule has 0 atom stereocenters. The summed E-state index contributed by atoms with van der Waals surface area (Å²) in [6.07, 6.45) is 6.44. The minimum atomic E-state index is -0.584. The van der Waals surface area contributed by atoms with Crippen molar-refractivity contribution in [3.63, 3.8) is 0 Å². The molecule has 0 bridgehead atoms.